The standard InChI is InChI=1S/C23H18N2S/c24-15-21(20-16-26-22-14-8-7-13-19(20)22)25-23(17-9-3-1-4-10-17)18-11-5-2-6-12-18/h1-14,16,21,23,25H. The van der Waals surface area contributed by atoms with Crippen LogP contribution in [0.15, 0.2) is 90.3 Å². The number of benzene rings is 3. The van der Waals surface area contributed by atoms with Crippen molar-refractivity contribution < 1.29 is 0 Å². The number of thiophene rings is 1. The third-order valence-corrected chi connectivity index (χ3v) is 5.53. The second-order valence-electron chi connectivity index (χ2n) is 6.17. The number of rotatable bonds is 5. The first-order valence-electron chi connectivity index (χ1n) is 8.58. The first-order valence-corrected chi connectivity index (χ1v) is 9.46. The van der Waals surface area contributed by atoms with E-state index < -0.39 is 0 Å². The molecule has 4 aromatic rings. The monoisotopic (exact) mass is 354 g/mol. The van der Waals surface area contributed by atoms with E-state index in [1.165, 1.54) is 4.70 Å². The molecule has 0 saturated heterocycles. The number of nitriles is 1. The Hall–Kier alpha value is -2.93. The Kier molecular flexibility index (Phi) is 4.79. The van der Waals surface area contributed by atoms with Crippen LogP contribution >= 0.6 is 11.3 Å². The van der Waals surface area contributed by atoms with Crippen molar-refractivity contribution in [1.29, 1.82) is 5.26 Å². The molecular weight excluding hydrogens is 336 g/mol. The van der Waals surface area contributed by atoms with Crippen LogP contribution in [-0.4, -0.2) is 0 Å². The van der Waals surface area contributed by atoms with E-state index >= 15 is 0 Å². The predicted octanol–water partition coefficient (Wildman–Crippen LogP) is 5.85. The van der Waals surface area contributed by atoms with E-state index in [1.54, 1.807) is 11.3 Å². The van der Waals surface area contributed by atoms with Crippen molar-refractivity contribution in [3.63, 3.8) is 0 Å². The quantitative estimate of drug-likeness (QED) is 0.488. The van der Waals surface area contributed by atoms with Gasteiger partial charge in [-0.25, -0.2) is 0 Å². The fourth-order valence-electron chi connectivity index (χ4n) is 3.26. The van der Waals surface area contributed by atoms with Gasteiger partial charge in [0.2, 0.25) is 0 Å². The molecule has 1 aromatic heterocycles. The summed E-state index contributed by atoms with van der Waals surface area (Å²) < 4.78 is 1.21. The highest BCUT2D eigenvalue weighted by Crippen LogP contribution is 2.32. The first-order chi connectivity index (χ1) is 12.9. The SMILES string of the molecule is N#CC(NC(c1ccccc1)c1ccccc1)c1csc2ccccc12. The Morgan fingerprint density at radius 3 is 1.96 bits per heavy atom. The topological polar surface area (TPSA) is 35.8 Å². The molecule has 0 aliphatic heterocycles. The lowest BCUT2D eigenvalue weighted by Gasteiger charge is -2.23. The van der Waals surface area contributed by atoms with Gasteiger partial charge < -0.3 is 0 Å². The molecule has 1 unspecified atom stereocenters. The molecule has 0 radical (unpaired) electrons. The molecule has 2 nitrogen and oxygen atoms in total. The predicted molar refractivity (Wildman–Crippen MR) is 108 cm³/mol. The molecular formula is C23H18N2S. The van der Waals surface area contributed by atoms with Gasteiger partial charge in [-0.15, -0.1) is 11.3 Å². The lowest BCUT2D eigenvalue weighted by molar-refractivity contribution is 0.562. The molecule has 0 spiro atoms. The third-order valence-electron chi connectivity index (χ3n) is 4.55. The van der Waals surface area contributed by atoms with Crippen LogP contribution in [0, 0.1) is 11.3 Å². The summed E-state index contributed by atoms with van der Waals surface area (Å²) in [6, 6.07) is 30.9. The smallest absolute Gasteiger partial charge is 0.123 e. The van der Waals surface area contributed by atoms with Crippen LogP contribution in [0.5, 0.6) is 0 Å². The van der Waals surface area contributed by atoms with Crippen molar-refractivity contribution in [1.82, 2.24) is 5.32 Å². The highest BCUT2D eigenvalue weighted by Gasteiger charge is 2.21. The molecule has 0 saturated carbocycles. The van der Waals surface area contributed by atoms with E-state index in [2.05, 4.69) is 53.2 Å². The van der Waals surface area contributed by atoms with E-state index in [-0.39, 0.29) is 12.1 Å². The molecule has 0 aliphatic carbocycles. The van der Waals surface area contributed by atoms with E-state index in [0.717, 1.165) is 22.1 Å². The van der Waals surface area contributed by atoms with Gasteiger partial charge in [0.25, 0.3) is 0 Å². The molecule has 26 heavy (non-hydrogen) atoms. The van der Waals surface area contributed by atoms with Crippen molar-refractivity contribution >= 4 is 21.4 Å². The van der Waals surface area contributed by atoms with Gasteiger partial charge in [0.1, 0.15) is 6.04 Å². The molecule has 0 fully saturated rings. The molecule has 3 aromatic carbocycles. The maximum absolute atomic E-state index is 9.89. The van der Waals surface area contributed by atoms with Gasteiger partial charge in [0.05, 0.1) is 12.1 Å². The molecule has 0 bridgehead atoms. The lowest BCUT2D eigenvalue weighted by atomic mass is 9.96. The van der Waals surface area contributed by atoms with Gasteiger partial charge in [-0.1, -0.05) is 78.9 Å². The second-order valence-corrected chi connectivity index (χ2v) is 7.08. The number of hydrogen-bond donors (Lipinski definition) is 1. The molecule has 0 amide bonds. The van der Waals surface area contributed by atoms with Crippen LogP contribution in [0.1, 0.15) is 28.8 Å². The summed E-state index contributed by atoms with van der Waals surface area (Å²) in [6.07, 6.45) is 0. The Morgan fingerprint density at radius 1 is 0.769 bits per heavy atom. The fourth-order valence-corrected chi connectivity index (χ4v) is 4.25. The molecule has 3 heteroatoms. The van der Waals surface area contributed by atoms with Crippen molar-refractivity contribution in [2.24, 2.45) is 0 Å². The van der Waals surface area contributed by atoms with Gasteiger partial charge in [-0.2, -0.15) is 5.26 Å². The van der Waals surface area contributed by atoms with Crippen LogP contribution in [0.3, 0.4) is 0 Å². The Bertz CT molecular complexity index is 992. The number of nitrogens with one attached hydrogen (secondary N) is 1. The number of nitrogens with zero attached hydrogens (tertiary/aromatic N) is 1. The van der Waals surface area contributed by atoms with Gasteiger partial charge in [-0.05, 0) is 28.0 Å². The zero-order valence-electron chi connectivity index (χ0n) is 14.2. The van der Waals surface area contributed by atoms with Gasteiger partial charge >= 0.3 is 0 Å². The Labute approximate surface area is 157 Å². The second kappa shape index (κ2) is 7.53. The average Bonchev–Trinajstić information content (AvgIpc) is 3.14. The summed E-state index contributed by atoms with van der Waals surface area (Å²) in [6.45, 7) is 0. The van der Waals surface area contributed by atoms with Gasteiger partial charge in [-0.3, -0.25) is 5.32 Å². The zero-order valence-corrected chi connectivity index (χ0v) is 15.0. The maximum atomic E-state index is 9.89. The lowest BCUT2D eigenvalue weighted by Crippen LogP contribution is -2.26. The summed E-state index contributed by atoms with van der Waals surface area (Å²) in [5.41, 5.74) is 3.35. The molecule has 0 aliphatic rings. The minimum absolute atomic E-state index is 0.0410. The van der Waals surface area contributed by atoms with Crippen LogP contribution in [0.4, 0.5) is 0 Å². The van der Waals surface area contributed by atoms with E-state index in [1.807, 2.05) is 48.5 Å². The van der Waals surface area contributed by atoms with Crippen LogP contribution < -0.4 is 5.32 Å². The summed E-state index contributed by atoms with van der Waals surface area (Å²) in [5.74, 6) is 0. The van der Waals surface area contributed by atoms with E-state index in [9.17, 15) is 5.26 Å². The number of hydrogen-bond acceptors (Lipinski definition) is 3. The molecule has 1 heterocycles. The van der Waals surface area contributed by atoms with E-state index in [0.29, 0.717) is 0 Å². The summed E-state index contributed by atoms with van der Waals surface area (Å²) in [7, 11) is 0. The van der Waals surface area contributed by atoms with Crippen LogP contribution in [0.25, 0.3) is 10.1 Å². The summed E-state index contributed by atoms with van der Waals surface area (Å²) in [5, 5.41) is 16.7. The highest BCUT2D eigenvalue weighted by molar-refractivity contribution is 7.17. The van der Waals surface area contributed by atoms with E-state index in [4.69, 9.17) is 0 Å². The molecule has 4 rings (SSSR count). The minimum Gasteiger partial charge on any atom is -0.287 e. The maximum Gasteiger partial charge on any atom is 0.123 e. The molecule has 1 atom stereocenters. The minimum atomic E-state index is -0.378. The van der Waals surface area contributed by atoms with Crippen molar-refractivity contribution in [3.05, 3.63) is 107 Å². The van der Waals surface area contributed by atoms with Crippen LogP contribution in [-0.2, 0) is 0 Å². The molecule has 1 N–H and O–H groups in total. The summed E-state index contributed by atoms with van der Waals surface area (Å²) in [4.78, 5) is 0. The van der Waals surface area contributed by atoms with Crippen LogP contribution in [0.2, 0.25) is 0 Å². The number of fused-ring (bicyclic) bond motifs is 1. The largest absolute Gasteiger partial charge is 0.287 e. The average molecular weight is 354 g/mol. The summed E-state index contributed by atoms with van der Waals surface area (Å²) >= 11 is 1.69. The van der Waals surface area contributed by atoms with Crippen molar-refractivity contribution in [2.45, 2.75) is 12.1 Å². The Morgan fingerprint density at radius 2 is 1.35 bits per heavy atom. The van der Waals surface area contributed by atoms with Crippen molar-refractivity contribution in [3.8, 4) is 6.07 Å². The highest BCUT2D eigenvalue weighted by atomic mass is 32.1. The zero-order chi connectivity index (χ0) is 17.8. The first kappa shape index (κ1) is 16.5. The van der Waals surface area contributed by atoms with Gasteiger partial charge in [0, 0.05) is 10.3 Å². The Balaban J connectivity index is 1.74. The fraction of sp³-hybridized carbons (Fsp3) is 0.0870. The normalized spacial score (nSPS) is 12.2. The third kappa shape index (κ3) is 3.25. The van der Waals surface area contributed by atoms with Gasteiger partial charge in [0.15, 0.2) is 0 Å². The molecule has 126 valence electrons. The van der Waals surface area contributed by atoms with Crippen molar-refractivity contribution in [2.75, 3.05) is 0 Å².